The van der Waals surface area contributed by atoms with Crippen LogP contribution >= 0.6 is 11.3 Å². The van der Waals surface area contributed by atoms with Crippen molar-refractivity contribution >= 4 is 23.3 Å². The topological polar surface area (TPSA) is 88.0 Å². The average molecular weight is 250 g/mol. The zero-order valence-electron chi connectivity index (χ0n) is 9.04. The highest BCUT2D eigenvalue weighted by Gasteiger charge is 2.06. The Morgan fingerprint density at radius 3 is 3.00 bits per heavy atom. The number of aryl methyl sites for hydroxylation is 1. The number of nitrogens with zero attached hydrogens (tertiary/aromatic N) is 3. The Morgan fingerprint density at radius 2 is 2.35 bits per heavy atom. The van der Waals surface area contributed by atoms with Gasteiger partial charge in [-0.2, -0.15) is 0 Å². The second kappa shape index (κ2) is 4.88. The number of carboxylic acid groups (broad SMARTS) is 1. The minimum absolute atomic E-state index is 0.0250. The van der Waals surface area contributed by atoms with Crippen LogP contribution in [0.2, 0.25) is 0 Å². The summed E-state index contributed by atoms with van der Waals surface area (Å²) in [6, 6.07) is 1.35. The molecule has 0 saturated heterocycles. The molecule has 0 fully saturated rings. The van der Waals surface area contributed by atoms with Gasteiger partial charge in [0.1, 0.15) is 0 Å². The van der Waals surface area contributed by atoms with Crippen LogP contribution in [0.4, 0.5) is 5.95 Å². The number of aromatic carboxylic acids is 1. The molecular weight excluding hydrogens is 240 g/mol. The van der Waals surface area contributed by atoms with E-state index in [1.807, 2.05) is 6.92 Å². The van der Waals surface area contributed by atoms with Crippen LogP contribution < -0.4 is 5.32 Å². The van der Waals surface area contributed by atoms with Gasteiger partial charge in [0.2, 0.25) is 5.95 Å². The third-order valence-electron chi connectivity index (χ3n) is 1.96. The molecule has 0 aromatic carbocycles. The molecule has 0 atom stereocenters. The van der Waals surface area contributed by atoms with E-state index in [2.05, 4.69) is 20.3 Å². The zero-order valence-corrected chi connectivity index (χ0v) is 9.86. The molecule has 0 aliphatic carbocycles. The maximum Gasteiger partial charge on any atom is 0.354 e. The number of thiazole rings is 1. The summed E-state index contributed by atoms with van der Waals surface area (Å²) in [5, 5.41) is 12.7. The van der Waals surface area contributed by atoms with Crippen LogP contribution in [-0.2, 0) is 6.54 Å². The van der Waals surface area contributed by atoms with E-state index in [-0.39, 0.29) is 5.69 Å². The van der Waals surface area contributed by atoms with Crippen LogP contribution in [-0.4, -0.2) is 26.0 Å². The maximum atomic E-state index is 10.7. The smallest absolute Gasteiger partial charge is 0.354 e. The van der Waals surface area contributed by atoms with Crippen molar-refractivity contribution < 1.29 is 9.90 Å². The fourth-order valence-corrected chi connectivity index (χ4v) is 1.95. The molecule has 2 aromatic heterocycles. The summed E-state index contributed by atoms with van der Waals surface area (Å²) in [6.07, 6.45) is 3.19. The maximum absolute atomic E-state index is 10.7. The van der Waals surface area contributed by atoms with Crippen LogP contribution in [0.3, 0.4) is 0 Å². The lowest BCUT2D eigenvalue weighted by Crippen LogP contribution is -2.07. The van der Waals surface area contributed by atoms with Gasteiger partial charge in [-0.15, -0.1) is 11.3 Å². The highest BCUT2D eigenvalue weighted by atomic mass is 32.1. The van der Waals surface area contributed by atoms with Crippen molar-refractivity contribution in [3.63, 3.8) is 0 Å². The predicted molar refractivity (Wildman–Crippen MR) is 63.2 cm³/mol. The van der Waals surface area contributed by atoms with E-state index in [9.17, 15) is 4.79 Å². The summed E-state index contributed by atoms with van der Waals surface area (Å²) in [6.45, 7) is 2.46. The molecule has 0 aliphatic heterocycles. The summed E-state index contributed by atoms with van der Waals surface area (Å²) < 4.78 is 0. The van der Waals surface area contributed by atoms with Gasteiger partial charge in [0.05, 0.1) is 11.6 Å². The van der Waals surface area contributed by atoms with Crippen molar-refractivity contribution in [3.8, 4) is 0 Å². The molecule has 88 valence electrons. The molecule has 2 rings (SSSR count). The van der Waals surface area contributed by atoms with Crippen LogP contribution in [0.5, 0.6) is 0 Å². The monoisotopic (exact) mass is 250 g/mol. The lowest BCUT2D eigenvalue weighted by atomic mass is 10.4. The van der Waals surface area contributed by atoms with Crippen molar-refractivity contribution in [3.05, 3.63) is 34.0 Å². The summed E-state index contributed by atoms with van der Waals surface area (Å²) in [5.41, 5.74) is -0.0250. The van der Waals surface area contributed by atoms with E-state index < -0.39 is 5.97 Å². The number of aromatic nitrogens is 3. The van der Waals surface area contributed by atoms with E-state index in [1.165, 1.54) is 12.3 Å². The molecule has 7 heteroatoms. The van der Waals surface area contributed by atoms with Gasteiger partial charge in [-0.05, 0) is 13.0 Å². The molecule has 0 spiro atoms. The van der Waals surface area contributed by atoms with Gasteiger partial charge in [0, 0.05) is 17.3 Å². The number of rotatable bonds is 4. The Bertz CT molecular complexity index is 541. The van der Waals surface area contributed by atoms with Crippen LogP contribution in [0.1, 0.15) is 20.4 Å². The van der Waals surface area contributed by atoms with Crippen LogP contribution in [0.25, 0.3) is 0 Å². The molecule has 0 bridgehead atoms. The quantitative estimate of drug-likeness (QED) is 0.856. The van der Waals surface area contributed by atoms with Gasteiger partial charge in [-0.3, -0.25) is 0 Å². The summed E-state index contributed by atoms with van der Waals surface area (Å²) in [7, 11) is 0. The molecule has 0 aliphatic rings. The number of hydrogen-bond donors (Lipinski definition) is 2. The molecule has 0 radical (unpaired) electrons. The molecule has 2 N–H and O–H groups in total. The molecule has 0 saturated carbocycles. The Balaban J connectivity index is 2.04. The van der Waals surface area contributed by atoms with Gasteiger partial charge >= 0.3 is 5.97 Å². The van der Waals surface area contributed by atoms with Gasteiger partial charge in [-0.25, -0.2) is 19.7 Å². The highest BCUT2D eigenvalue weighted by molar-refractivity contribution is 7.11. The number of anilines is 1. The first-order chi connectivity index (χ1) is 8.15. The van der Waals surface area contributed by atoms with Gasteiger partial charge in [0.25, 0.3) is 0 Å². The van der Waals surface area contributed by atoms with Crippen molar-refractivity contribution in [1.29, 1.82) is 0 Å². The second-order valence-corrected chi connectivity index (χ2v) is 4.59. The minimum atomic E-state index is -1.07. The number of nitrogens with one attached hydrogen (secondary N) is 1. The van der Waals surface area contributed by atoms with Crippen molar-refractivity contribution in [2.75, 3.05) is 5.32 Å². The van der Waals surface area contributed by atoms with E-state index in [0.29, 0.717) is 12.5 Å². The Morgan fingerprint density at radius 1 is 1.53 bits per heavy atom. The number of carboxylic acids is 1. The Kier molecular flexibility index (Phi) is 3.29. The van der Waals surface area contributed by atoms with E-state index in [4.69, 9.17) is 5.11 Å². The van der Waals surface area contributed by atoms with Gasteiger partial charge in [-0.1, -0.05) is 0 Å². The van der Waals surface area contributed by atoms with E-state index >= 15 is 0 Å². The lowest BCUT2D eigenvalue weighted by molar-refractivity contribution is 0.0690. The molecule has 2 aromatic rings. The highest BCUT2D eigenvalue weighted by Crippen LogP contribution is 2.12. The fraction of sp³-hybridized carbons (Fsp3) is 0.200. The largest absolute Gasteiger partial charge is 0.477 e. The fourth-order valence-electron chi connectivity index (χ4n) is 1.22. The van der Waals surface area contributed by atoms with Gasteiger partial charge < -0.3 is 10.4 Å². The molecular formula is C10H10N4O2S. The molecule has 6 nitrogen and oxygen atoms in total. The molecule has 2 heterocycles. The first-order valence-electron chi connectivity index (χ1n) is 4.86. The van der Waals surface area contributed by atoms with Crippen molar-refractivity contribution in [1.82, 2.24) is 15.0 Å². The Hall–Kier alpha value is -2.02. The average Bonchev–Trinajstić information content (AvgIpc) is 2.73. The molecule has 0 unspecified atom stereocenters. The van der Waals surface area contributed by atoms with Gasteiger partial charge in [0.15, 0.2) is 5.69 Å². The standard InChI is InChI=1S/C10H10N4O2S/c1-6-12-4-7(17-6)5-13-10-11-3-2-8(14-10)9(15)16/h2-4H,5H2,1H3,(H,15,16)(H,11,13,14). The van der Waals surface area contributed by atoms with Crippen molar-refractivity contribution in [2.24, 2.45) is 0 Å². The van der Waals surface area contributed by atoms with Crippen LogP contribution in [0.15, 0.2) is 18.5 Å². The first kappa shape index (κ1) is 11.5. The normalized spacial score (nSPS) is 10.2. The zero-order chi connectivity index (χ0) is 12.3. The Labute approximate surface area is 101 Å². The third-order valence-corrected chi connectivity index (χ3v) is 2.88. The lowest BCUT2D eigenvalue weighted by Gasteiger charge is -2.02. The number of hydrogen-bond acceptors (Lipinski definition) is 6. The third kappa shape index (κ3) is 2.97. The summed E-state index contributed by atoms with van der Waals surface area (Å²) >= 11 is 1.57. The minimum Gasteiger partial charge on any atom is -0.477 e. The predicted octanol–water partition coefficient (Wildman–Crippen LogP) is 1.55. The second-order valence-electron chi connectivity index (χ2n) is 3.27. The van der Waals surface area contributed by atoms with Crippen molar-refractivity contribution in [2.45, 2.75) is 13.5 Å². The summed E-state index contributed by atoms with van der Waals surface area (Å²) in [5.74, 6) is -0.764. The van der Waals surface area contributed by atoms with E-state index in [1.54, 1.807) is 17.5 Å². The first-order valence-corrected chi connectivity index (χ1v) is 5.68. The van der Waals surface area contributed by atoms with E-state index in [0.717, 1.165) is 9.88 Å². The SMILES string of the molecule is Cc1ncc(CNc2nccc(C(=O)O)n2)s1. The number of carbonyl (C=O) groups is 1. The summed E-state index contributed by atoms with van der Waals surface area (Å²) in [4.78, 5) is 23.7. The molecule has 17 heavy (non-hydrogen) atoms. The molecule has 0 amide bonds. The van der Waals surface area contributed by atoms with Crippen LogP contribution in [0, 0.1) is 6.92 Å².